The molecule has 0 aliphatic carbocycles. The fourth-order valence-electron chi connectivity index (χ4n) is 1.69. The lowest BCUT2D eigenvalue weighted by molar-refractivity contribution is 0.585. The molecule has 0 unspecified atom stereocenters. The van der Waals surface area contributed by atoms with Gasteiger partial charge in [0.1, 0.15) is 11.6 Å². The third-order valence-electron chi connectivity index (χ3n) is 2.65. The molecule has 0 aromatic heterocycles. The average Bonchev–Trinajstić information content (AvgIpc) is 2.38. The molecule has 0 atom stereocenters. The van der Waals surface area contributed by atoms with Gasteiger partial charge in [0.05, 0.1) is 0 Å². The van der Waals surface area contributed by atoms with Crippen molar-refractivity contribution in [2.45, 2.75) is 13.1 Å². The van der Waals surface area contributed by atoms with Gasteiger partial charge in [-0.3, -0.25) is 0 Å². The fourth-order valence-corrected chi connectivity index (χ4v) is 2.28. The second-order valence-corrected chi connectivity index (χ2v) is 5.40. The van der Waals surface area contributed by atoms with E-state index in [-0.39, 0.29) is 11.6 Å². The van der Waals surface area contributed by atoms with Gasteiger partial charge in [-0.25, -0.2) is 8.78 Å². The van der Waals surface area contributed by atoms with E-state index in [2.05, 4.69) is 21.2 Å². The number of halogens is 4. The first-order chi connectivity index (χ1) is 9.06. The van der Waals surface area contributed by atoms with E-state index in [1.54, 1.807) is 12.1 Å². The van der Waals surface area contributed by atoms with E-state index in [0.29, 0.717) is 29.2 Å². The van der Waals surface area contributed by atoms with Crippen molar-refractivity contribution in [3.63, 3.8) is 0 Å². The number of hydrogen-bond donors (Lipinski definition) is 1. The molecule has 0 heterocycles. The van der Waals surface area contributed by atoms with Crippen molar-refractivity contribution in [2.24, 2.45) is 0 Å². The van der Waals surface area contributed by atoms with Crippen LogP contribution in [0.4, 0.5) is 8.78 Å². The van der Waals surface area contributed by atoms with Gasteiger partial charge in [-0.1, -0.05) is 27.5 Å². The maximum Gasteiger partial charge on any atom is 0.127 e. The van der Waals surface area contributed by atoms with E-state index >= 15 is 0 Å². The number of benzene rings is 2. The molecule has 2 aromatic rings. The highest BCUT2D eigenvalue weighted by molar-refractivity contribution is 9.10. The van der Waals surface area contributed by atoms with Crippen LogP contribution < -0.4 is 5.32 Å². The van der Waals surface area contributed by atoms with E-state index in [9.17, 15) is 8.78 Å². The minimum Gasteiger partial charge on any atom is -0.308 e. The summed E-state index contributed by atoms with van der Waals surface area (Å²) < 4.78 is 27.4. The Morgan fingerprint density at radius 3 is 2.53 bits per heavy atom. The van der Waals surface area contributed by atoms with Crippen LogP contribution in [-0.4, -0.2) is 0 Å². The van der Waals surface area contributed by atoms with Gasteiger partial charge in [0, 0.05) is 28.1 Å². The van der Waals surface area contributed by atoms with Crippen molar-refractivity contribution in [2.75, 3.05) is 0 Å². The van der Waals surface area contributed by atoms with E-state index in [4.69, 9.17) is 11.6 Å². The van der Waals surface area contributed by atoms with E-state index in [1.165, 1.54) is 24.3 Å². The Bertz CT molecular complexity index is 538. The van der Waals surface area contributed by atoms with Crippen LogP contribution in [0.5, 0.6) is 0 Å². The van der Waals surface area contributed by atoms with E-state index in [0.717, 1.165) is 4.47 Å². The highest BCUT2D eigenvalue weighted by atomic mass is 79.9. The standard InChI is InChI=1S/C14H11BrClF2N/c15-11-1-4-14(18)10(5-11)8-19-7-9-6-12(17)2-3-13(9)16/h1-6,19H,7-8H2. The predicted molar refractivity (Wildman–Crippen MR) is 76.1 cm³/mol. The molecule has 0 saturated carbocycles. The van der Waals surface area contributed by atoms with Crippen molar-refractivity contribution >= 4 is 27.5 Å². The molecule has 2 aromatic carbocycles. The average molecular weight is 347 g/mol. The monoisotopic (exact) mass is 345 g/mol. The Morgan fingerprint density at radius 1 is 1.00 bits per heavy atom. The van der Waals surface area contributed by atoms with Crippen LogP contribution in [-0.2, 0) is 13.1 Å². The van der Waals surface area contributed by atoms with Crippen molar-refractivity contribution in [1.29, 1.82) is 0 Å². The number of rotatable bonds is 4. The van der Waals surface area contributed by atoms with Crippen LogP contribution in [0.2, 0.25) is 5.02 Å². The van der Waals surface area contributed by atoms with Gasteiger partial charge in [-0.05, 0) is 42.0 Å². The molecular formula is C14H11BrClF2N. The van der Waals surface area contributed by atoms with Gasteiger partial charge in [-0.15, -0.1) is 0 Å². The fraction of sp³-hybridized carbons (Fsp3) is 0.143. The first-order valence-electron chi connectivity index (χ1n) is 5.65. The van der Waals surface area contributed by atoms with Crippen molar-refractivity contribution < 1.29 is 8.78 Å². The molecule has 0 bridgehead atoms. The summed E-state index contributed by atoms with van der Waals surface area (Å²) in [5.74, 6) is -0.615. The Balaban J connectivity index is 2.00. The predicted octanol–water partition coefficient (Wildman–Crippen LogP) is 4.67. The van der Waals surface area contributed by atoms with Crippen molar-refractivity contribution in [1.82, 2.24) is 5.32 Å². The quantitative estimate of drug-likeness (QED) is 0.848. The molecule has 0 saturated heterocycles. The SMILES string of the molecule is Fc1ccc(Cl)c(CNCc2cc(Br)ccc2F)c1. The lowest BCUT2D eigenvalue weighted by Gasteiger charge is -2.08. The second-order valence-electron chi connectivity index (χ2n) is 4.08. The minimum absolute atomic E-state index is 0.277. The molecule has 0 fully saturated rings. The van der Waals surface area contributed by atoms with Crippen LogP contribution in [0.1, 0.15) is 11.1 Å². The zero-order chi connectivity index (χ0) is 13.8. The molecule has 0 amide bonds. The van der Waals surface area contributed by atoms with E-state index < -0.39 is 0 Å². The van der Waals surface area contributed by atoms with Gasteiger partial charge in [0.15, 0.2) is 0 Å². The lowest BCUT2D eigenvalue weighted by atomic mass is 10.2. The van der Waals surface area contributed by atoms with Crippen molar-refractivity contribution in [3.05, 3.63) is 68.7 Å². The third-order valence-corrected chi connectivity index (χ3v) is 3.51. The normalized spacial score (nSPS) is 10.7. The topological polar surface area (TPSA) is 12.0 Å². The maximum absolute atomic E-state index is 13.5. The molecule has 0 aliphatic rings. The van der Waals surface area contributed by atoms with Gasteiger partial charge in [-0.2, -0.15) is 0 Å². The van der Waals surface area contributed by atoms with Crippen LogP contribution in [0.25, 0.3) is 0 Å². The number of nitrogens with one attached hydrogen (secondary N) is 1. The first-order valence-corrected chi connectivity index (χ1v) is 6.82. The van der Waals surface area contributed by atoms with Gasteiger partial charge in [0.2, 0.25) is 0 Å². The van der Waals surface area contributed by atoms with E-state index in [1.807, 2.05) is 0 Å². The molecular weight excluding hydrogens is 336 g/mol. The summed E-state index contributed by atoms with van der Waals surface area (Å²) in [5.41, 5.74) is 1.19. The molecule has 5 heteroatoms. The summed E-state index contributed by atoms with van der Waals surface area (Å²) in [7, 11) is 0. The summed E-state index contributed by atoms with van der Waals surface area (Å²) in [6, 6.07) is 8.92. The Labute approximate surface area is 123 Å². The minimum atomic E-state index is -0.338. The van der Waals surface area contributed by atoms with Crippen LogP contribution >= 0.6 is 27.5 Å². The Hall–Kier alpha value is -0.970. The molecule has 0 radical (unpaired) electrons. The first kappa shape index (κ1) is 14.4. The summed E-state index contributed by atoms with van der Waals surface area (Å²) in [4.78, 5) is 0. The second kappa shape index (κ2) is 6.46. The molecule has 19 heavy (non-hydrogen) atoms. The zero-order valence-electron chi connectivity index (χ0n) is 9.89. The largest absolute Gasteiger partial charge is 0.308 e. The van der Waals surface area contributed by atoms with Crippen LogP contribution in [0.15, 0.2) is 40.9 Å². The molecule has 1 nitrogen and oxygen atoms in total. The zero-order valence-corrected chi connectivity index (χ0v) is 12.2. The van der Waals surface area contributed by atoms with Crippen LogP contribution in [0, 0.1) is 11.6 Å². The molecule has 0 aliphatic heterocycles. The van der Waals surface area contributed by atoms with Gasteiger partial charge in [0.25, 0.3) is 0 Å². The molecule has 2 rings (SSSR count). The van der Waals surface area contributed by atoms with Crippen LogP contribution in [0.3, 0.4) is 0 Å². The van der Waals surface area contributed by atoms with Gasteiger partial charge >= 0.3 is 0 Å². The van der Waals surface area contributed by atoms with Crippen molar-refractivity contribution in [3.8, 4) is 0 Å². The third kappa shape index (κ3) is 4.00. The summed E-state index contributed by atoms with van der Waals surface area (Å²) in [6.07, 6.45) is 0. The molecule has 100 valence electrons. The number of hydrogen-bond acceptors (Lipinski definition) is 1. The summed E-state index contributed by atoms with van der Waals surface area (Å²) in [5, 5.41) is 3.53. The Kier molecular flexibility index (Phi) is 4.91. The molecule has 0 spiro atoms. The summed E-state index contributed by atoms with van der Waals surface area (Å²) in [6.45, 7) is 0.723. The highest BCUT2D eigenvalue weighted by Gasteiger charge is 2.05. The molecule has 1 N–H and O–H groups in total. The highest BCUT2D eigenvalue weighted by Crippen LogP contribution is 2.18. The Morgan fingerprint density at radius 2 is 1.74 bits per heavy atom. The maximum atomic E-state index is 13.5. The lowest BCUT2D eigenvalue weighted by Crippen LogP contribution is -2.14. The van der Waals surface area contributed by atoms with Gasteiger partial charge < -0.3 is 5.32 Å². The smallest absolute Gasteiger partial charge is 0.127 e. The summed E-state index contributed by atoms with van der Waals surface area (Å²) >= 11 is 9.24.